The molecule has 2 aliphatic carbocycles. The molecule has 0 bridgehead atoms. The van der Waals surface area contributed by atoms with E-state index in [4.69, 9.17) is 0 Å². The van der Waals surface area contributed by atoms with Crippen LogP contribution in [0, 0.1) is 35.0 Å². The van der Waals surface area contributed by atoms with Crippen molar-refractivity contribution >= 4 is 11.6 Å². The number of ketones is 2. The van der Waals surface area contributed by atoms with Gasteiger partial charge in [0, 0.05) is 18.5 Å². The van der Waals surface area contributed by atoms with Crippen LogP contribution in [0.15, 0.2) is 37.1 Å². The lowest BCUT2D eigenvalue weighted by atomic mass is 9.65. The van der Waals surface area contributed by atoms with E-state index in [1.165, 1.54) is 63.0 Å². The zero-order chi connectivity index (χ0) is 28.9. The maximum atomic E-state index is 12.8. The van der Waals surface area contributed by atoms with Gasteiger partial charge in [-0.05, 0) is 80.1 Å². The number of carbonyl (C=O) groups is 2. The van der Waals surface area contributed by atoms with Crippen molar-refractivity contribution < 1.29 is 9.59 Å². The molecule has 0 spiro atoms. The number of nitrogens with one attached hydrogen (secondary N) is 1. The molecule has 2 rings (SSSR count). The van der Waals surface area contributed by atoms with Crippen LogP contribution in [0.5, 0.6) is 0 Å². The highest BCUT2D eigenvalue weighted by Crippen LogP contribution is 2.45. The quantitative estimate of drug-likeness (QED) is 0.191. The van der Waals surface area contributed by atoms with Crippen molar-refractivity contribution in [1.29, 1.82) is 0 Å². The molecule has 1 N–H and O–H groups in total. The van der Waals surface area contributed by atoms with Crippen molar-refractivity contribution in [3.63, 3.8) is 0 Å². The van der Waals surface area contributed by atoms with Crippen molar-refractivity contribution in [3.05, 3.63) is 37.1 Å². The second kappa shape index (κ2) is 17.1. The maximum Gasteiger partial charge on any atom is 0.177 e. The molecule has 0 aromatic rings. The Kier molecular flexibility index (Phi) is 15.5. The highest BCUT2D eigenvalue weighted by Gasteiger charge is 2.35. The van der Waals surface area contributed by atoms with E-state index >= 15 is 0 Å². The third-order valence-corrected chi connectivity index (χ3v) is 8.62. The Morgan fingerprint density at radius 3 is 2.18 bits per heavy atom. The fourth-order valence-electron chi connectivity index (χ4n) is 6.50. The third-order valence-electron chi connectivity index (χ3n) is 8.62. The summed E-state index contributed by atoms with van der Waals surface area (Å²) in [5.41, 5.74) is 2.37. The van der Waals surface area contributed by atoms with Crippen LogP contribution in [0.25, 0.3) is 0 Å². The van der Waals surface area contributed by atoms with E-state index in [9.17, 15) is 9.59 Å². The molecule has 0 aromatic carbocycles. The lowest BCUT2D eigenvalue weighted by molar-refractivity contribution is -0.122. The number of hydrogen-bond donors (Lipinski definition) is 1. The summed E-state index contributed by atoms with van der Waals surface area (Å²) in [6.07, 6.45) is 16.5. The molecule has 38 heavy (non-hydrogen) atoms. The Hall–Kier alpha value is -1.64. The average Bonchev–Trinajstić information content (AvgIpc) is 2.85. The first-order valence-electron chi connectivity index (χ1n) is 15.6. The number of unbranched alkanes of at least 4 members (excludes halogenated alkanes) is 1. The third kappa shape index (κ3) is 12.9. The molecule has 0 amide bonds. The van der Waals surface area contributed by atoms with Gasteiger partial charge in [0.1, 0.15) is 5.78 Å². The number of rotatable bonds is 13. The molecular formula is C35H61NO2. The minimum atomic E-state index is -0.130. The van der Waals surface area contributed by atoms with Gasteiger partial charge in [0.05, 0.1) is 6.04 Å². The number of allylic oxidation sites excluding steroid dienone is 2. The minimum absolute atomic E-state index is 0.0523. The second-order valence-corrected chi connectivity index (χ2v) is 13.8. The van der Waals surface area contributed by atoms with Gasteiger partial charge in [-0.2, -0.15) is 0 Å². The summed E-state index contributed by atoms with van der Waals surface area (Å²) in [7, 11) is 0. The summed E-state index contributed by atoms with van der Waals surface area (Å²) in [6.45, 7) is 27.2. The van der Waals surface area contributed by atoms with Gasteiger partial charge in [0.2, 0.25) is 0 Å². The van der Waals surface area contributed by atoms with Crippen LogP contribution >= 0.6 is 0 Å². The number of Topliss-reactive ketones (excluding diaryl/α,β-unsaturated/α-hetero) is 1. The molecule has 0 aliphatic heterocycles. The molecule has 3 heteroatoms. The van der Waals surface area contributed by atoms with Crippen LogP contribution in [0.1, 0.15) is 132 Å². The summed E-state index contributed by atoms with van der Waals surface area (Å²) >= 11 is 0. The van der Waals surface area contributed by atoms with Gasteiger partial charge in [-0.3, -0.25) is 9.59 Å². The standard InChI is InChI=1S/C24H42O.C11H19NO/c1-17-12-13-18(2)22(14-17)19(3)23(20-10-8-7-9-11-20)15-21(25)16-24(4,5)6;1-5-7-8-10(11(13)6-2)12-9(3)4/h17-18,20,22-23H,3,7-16H2,1-2,4-6H3;6,10,12H,2-3,5,7-8H2,1,4H3. The van der Waals surface area contributed by atoms with Crippen molar-refractivity contribution in [2.24, 2.45) is 35.0 Å². The summed E-state index contributed by atoms with van der Waals surface area (Å²) < 4.78 is 0. The lowest BCUT2D eigenvalue weighted by Crippen LogP contribution is -2.34. The molecule has 3 nitrogen and oxygen atoms in total. The van der Waals surface area contributed by atoms with Gasteiger partial charge in [-0.1, -0.05) is 105 Å². The lowest BCUT2D eigenvalue weighted by Gasteiger charge is -2.40. The Labute approximate surface area is 236 Å². The largest absolute Gasteiger partial charge is 0.379 e. The Balaban J connectivity index is 0.000000471. The number of carbonyl (C=O) groups excluding carboxylic acids is 2. The Morgan fingerprint density at radius 2 is 1.66 bits per heavy atom. The first kappa shape index (κ1) is 34.4. The molecule has 0 aromatic heterocycles. The van der Waals surface area contributed by atoms with E-state index in [1.54, 1.807) is 0 Å². The smallest absolute Gasteiger partial charge is 0.177 e. The molecule has 0 heterocycles. The summed E-state index contributed by atoms with van der Waals surface area (Å²) in [5, 5.41) is 3.05. The molecular weight excluding hydrogens is 466 g/mol. The Bertz CT molecular complexity index is 767. The SMILES string of the molecule is C=C(C1CC(C)CCC1C)C(CC(=O)CC(C)(C)C)C1CCCCC1.C=CC(=O)C(CCCC)NC(=C)C. The molecule has 5 atom stereocenters. The monoisotopic (exact) mass is 527 g/mol. The van der Waals surface area contributed by atoms with E-state index in [2.05, 4.69) is 66.6 Å². The maximum absolute atomic E-state index is 12.8. The molecule has 0 saturated heterocycles. The van der Waals surface area contributed by atoms with Gasteiger partial charge < -0.3 is 5.32 Å². The van der Waals surface area contributed by atoms with E-state index < -0.39 is 0 Å². The van der Waals surface area contributed by atoms with Gasteiger partial charge in [-0.25, -0.2) is 0 Å². The predicted octanol–water partition coefficient (Wildman–Crippen LogP) is 9.63. The van der Waals surface area contributed by atoms with Crippen LogP contribution in [-0.2, 0) is 9.59 Å². The summed E-state index contributed by atoms with van der Waals surface area (Å²) in [4.78, 5) is 24.1. The summed E-state index contributed by atoms with van der Waals surface area (Å²) in [5.74, 6) is 3.85. The van der Waals surface area contributed by atoms with Gasteiger partial charge >= 0.3 is 0 Å². The van der Waals surface area contributed by atoms with Crippen LogP contribution < -0.4 is 5.32 Å². The van der Waals surface area contributed by atoms with Gasteiger partial charge in [0.15, 0.2) is 5.78 Å². The first-order valence-corrected chi connectivity index (χ1v) is 15.6. The van der Waals surface area contributed by atoms with Crippen LogP contribution in [-0.4, -0.2) is 17.6 Å². The van der Waals surface area contributed by atoms with E-state index in [0.717, 1.165) is 43.2 Å². The number of hydrogen-bond acceptors (Lipinski definition) is 3. The molecule has 2 aliphatic rings. The van der Waals surface area contributed by atoms with Crippen LogP contribution in [0.4, 0.5) is 0 Å². The fourth-order valence-corrected chi connectivity index (χ4v) is 6.50. The molecule has 0 radical (unpaired) electrons. The Morgan fingerprint density at radius 1 is 1.03 bits per heavy atom. The van der Waals surface area contributed by atoms with Crippen molar-refractivity contribution in [3.8, 4) is 0 Å². The van der Waals surface area contributed by atoms with Crippen LogP contribution in [0.3, 0.4) is 0 Å². The second-order valence-electron chi connectivity index (χ2n) is 13.8. The highest BCUT2D eigenvalue weighted by atomic mass is 16.1. The van der Waals surface area contributed by atoms with Gasteiger partial charge in [0.25, 0.3) is 0 Å². The highest BCUT2D eigenvalue weighted by molar-refractivity contribution is 5.93. The fraction of sp³-hybridized carbons (Fsp3) is 0.771. The van der Waals surface area contributed by atoms with E-state index in [-0.39, 0.29) is 17.2 Å². The zero-order valence-electron chi connectivity index (χ0n) is 26.2. The van der Waals surface area contributed by atoms with Crippen molar-refractivity contribution in [1.82, 2.24) is 5.32 Å². The molecule has 2 fully saturated rings. The molecule has 218 valence electrons. The predicted molar refractivity (Wildman–Crippen MR) is 165 cm³/mol. The molecule has 2 saturated carbocycles. The first-order chi connectivity index (χ1) is 17.8. The van der Waals surface area contributed by atoms with Gasteiger partial charge in [-0.15, -0.1) is 0 Å². The van der Waals surface area contributed by atoms with E-state index in [0.29, 0.717) is 30.0 Å². The summed E-state index contributed by atoms with van der Waals surface area (Å²) in [6, 6.07) is -0.130. The topological polar surface area (TPSA) is 46.2 Å². The van der Waals surface area contributed by atoms with Crippen LogP contribution in [0.2, 0.25) is 0 Å². The molecule has 5 unspecified atom stereocenters. The van der Waals surface area contributed by atoms with Crippen molar-refractivity contribution in [2.75, 3.05) is 0 Å². The van der Waals surface area contributed by atoms with E-state index in [1.807, 2.05) is 6.92 Å². The minimum Gasteiger partial charge on any atom is -0.379 e. The normalized spacial score (nSPS) is 23.8. The average molecular weight is 528 g/mol. The zero-order valence-corrected chi connectivity index (χ0v) is 26.2. The van der Waals surface area contributed by atoms with Crippen molar-refractivity contribution in [2.45, 2.75) is 138 Å².